The molecule has 0 unspecified atom stereocenters. The van der Waals surface area contributed by atoms with Crippen LogP contribution in [0.25, 0.3) is 11.4 Å². The first-order valence-electron chi connectivity index (χ1n) is 11.0. The maximum atomic E-state index is 14.5. The van der Waals surface area contributed by atoms with E-state index in [1.54, 1.807) is 23.1 Å². The number of benzene rings is 2. The minimum Gasteiger partial charge on any atom is -0.366 e. The number of hydrogen-bond acceptors (Lipinski definition) is 6. The number of nitrogens with zero attached hydrogens (tertiary/aromatic N) is 5. The van der Waals surface area contributed by atoms with Gasteiger partial charge in [-0.15, -0.1) is 16.8 Å². The van der Waals surface area contributed by atoms with Gasteiger partial charge >= 0.3 is 0 Å². The predicted molar refractivity (Wildman–Crippen MR) is 132 cm³/mol. The molecule has 0 aliphatic carbocycles. The summed E-state index contributed by atoms with van der Waals surface area (Å²) in [4.78, 5) is 28.0. The van der Waals surface area contributed by atoms with Crippen molar-refractivity contribution in [3.8, 4) is 11.4 Å². The van der Waals surface area contributed by atoms with Crippen molar-refractivity contribution in [1.82, 2.24) is 19.7 Å². The van der Waals surface area contributed by atoms with E-state index in [2.05, 4.69) is 16.8 Å². The largest absolute Gasteiger partial charge is 0.366 e. The van der Waals surface area contributed by atoms with E-state index in [1.807, 2.05) is 39.8 Å². The van der Waals surface area contributed by atoms with Crippen LogP contribution in [-0.2, 0) is 11.3 Å². The number of carbonyl (C=O) groups is 2. The summed E-state index contributed by atoms with van der Waals surface area (Å²) in [5.74, 6) is 0.400. The van der Waals surface area contributed by atoms with E-state index < -0.39 is 5.82 Å². The van der Waals surface area contributed by atoms with Crippen molar-refractivity contribution in [2.75, 3.05) is 36.8 Å². The summed E-state index contributed by atoms with van der Waals surface area (Å²) in [5.41, 5.74) is 1.76. The van der Waals surface area contributed by atoms with Crippen molar-refractivity contribution >= 4 is 29.1 Å². The Hall–Kier alpha value is -3.46. The van der Waals surface area contributed by atoms with Crippen molar-refractivity contribution in [1.29, 1.82) is 0 Å². The third kappa shape index (κ3) is 5.20. The van der Waals surface area contributed by atoms with Crippen molar-refractivity contribution in [2.45, 2.75) is 18.6 Å². The molecule has 9 heteroatoms. The number of Topliss-reactive ketones (excluding diaryl/α,β-unsaturated/α-hetero) is 1. The number of carbonyl (C=O) groups excluding carboxylic acids is 2. The third-order valence-corrected chi connectivity index (χ3v) is 6.66. The fourth-order valence-corrected chi connectivity index (χ4v) is 4.74. The van der Waals surface area contributed by atoms with Gasteiger partial charge in [0.2, 0.25) is 5.91 Å². The smallest absolute Gasteiger partial charge is 0.233 e. The van der Waals surface area contributed by atoms with Crippen LogP contribution < -0.4 is 4.90 Å². The SMILES string of the molecule is C=CCn1c(SCC(=O)N2CCN(c3ccc(C(C)=O)cc3F)CC2)nnc1-c1ccccc1. The average molecular weight is 480 g/mol. The van der Waals surface area contributed by atoms with E-state index in [0.717, 1.165) is 11.4 Å². The Morgan fingerprint density at radius 2 is 1.82 bits per heavy atom. The van der Waals surface area contributed by atoms with Gasteiger partial charge in [-0.25, -0.2) is 4.39 Å². The number of rotatable bonds is 8. The summed E-state index contributed by atoms with van der Waals surface area (Å²) in [6.45, 7) is 7.84. The highest BCUT2D eigenvalue weighted by atomic mass is 32.2. The van der Waals surface area contributed by atoms with E-state index in [0.29, 0.717) is 49.1 Å². The number of allylic oxidation sites excluding steroid dienone is 1. The Bertz CT molecular complexity index is 1190. The molecular weight excluding hydrogens is 453 g/mol. The lowest BCUT2D eigenvalue weighted by molar-refractivity contribution is -0.128. The summed E-state index contributed by atoms with van der Waals surface area (Å²) in [5, 5.41) is 9.28. The van der Waals surface area contributed by atoms with Gasteiger partial charge in [-0.2, -0.15) is 0 Å². The number of ketones is 1. The molecule has 1 aliphatic heterocycles. The molecule has 0 radical (unpaired) electrons. The Labute approximate surface area is 202 Å². The van der Waals surface area contributed by atoms with Gasteiger partial charge in [-0.05, 0) is 25.1 Å². The highest BCUT2D eigenvalue weighted by Gasteiger charge is 2.24. The second kappa shape index (κ2) is 10.6. The molecule has 176 valence electrons. The fraction of sp³-hybridized carbons (Fsp3) is 0.280. The van der Waals surface area contributed by atoms with Gasteiger partial charge in [0, 0.05) is 43.9 Å². The first kappa shape index (κ1) is 23.7. The lowest BCUT2D eigenvalue weighted by Crippen LogP contribution is -2.49. The number of piperazine rings is 1. The molecule has 1 fully saturated rings. The molecule has 0 spiro atoms. The quantitative estimate of drug-likeness (QED) is 0.277. The van der Waals surface area contributed by atoms with Crippen LogP contribution in [0.5, 0.6) is 0 Å². The van der Waals surface area contributed by atoms with Crippen LogP contribution in [0.4, 0.5) is 10.1 Å². The molecular formula is C25H26FN5O2S. The lowest BCUT2D eigenvalue weighted by Gasteiger charge is -2.36. The molecule has 0 saturated carbocycles. The minimum atomic E-state index is -0.418. The standard InChI is InChI=1S/C25H26FN5O2S/c1-3-11-31-24(19-7-5-4-6-8-19)27-28-25(31)34-17-23(33)30-14-12-29(13-15-30)22-10-9-20(18(2)32)16-21(22)26/h3-10,16H,1,11-15,17H2,2H3. The number of aromatic nitrogens is 3. The number of anilines is 1. The summed E-state index contributed by atoms with van der Waals surface area (Å²) < 4.78 is 16.4. The molecule has 4 rings (SSSR count). The van der Waals surface area contributed by atoms with Crippen LogP contribution in [0.3, 0.4) is 0 Å². The first-order chi connectivity index (χ1) is 16.5. The number of halogens is 1. The van der Waals surface area contributed by atoms with Crippen molar-refractivity contribution in [3.63, 3.8) is 0 Å². The zero-order chi connectivity index (χ0) is 24.1. The molecule has 1 aromatic heterocycles. The lowest BCUT2D eigenvalue weighted by atomic mass is 10.1. The number of amides is 1. The van der Waals surface area contributed by atoms with Crippen LogP contribution in [-0.4, -0.2) is 63.3 Å². The molecule has 7 nitrogen and oxygen atoms in total. The van der Waals surface area contributed by atoms with E-state index in [1.165, 1.54) is 24.8 Å². The van der Waals surface area contributed by atoms with Gasteiger partial charge in [0.15, 0.2) is 16.8 Å². The molecule has 1 amide bonds. The Morgan fingerprint density at radius 1 is 1.09 bits per heavy atom. The number of hydrogen-bond donors (Lipinski definition) is 0. The highest BCUT2D eigenvalue weighted by molar-refractivity contribution is 7.99. The first-order valence-corrected chi connectivity index (χ1v) is 12.0. The van der Waals surface area contributed by atoms with Crippen LogP contribution in [0.15, 0.2) is 66.3 Å². The molecule has 2 aromatic carbocycles. The average Bonchev–Trinajstić information content (AvgIpc) is 3.26. The van der Waals surface area contributed by atoms with Crippen LogP contribution >= 0.6 is 11.8 Å². The van der Waals surface area contributed by atoms with Gasteiger partial charge in [-0.1, -0.05) is 48.2 Å². The van der Waals surface area contributed by atoms with Gasteiger partial charge in [-0.3, -0.25) is 14.2 Å². The van der Waals surface area contributed by atoms with Gasteiger partial charge in [0.05, 0.1) is 11.4 Å². The number of thioether (sulfide) groups is 1. The van der Waals surface area contributed by atoms with Gasteiger partial charge < -0.3 is 9.80 Å². The van der Waals surface area contributed by atoms with E-state index in [4.69, 9.17) is 0 Å². The monoisotopic (exact) mass is 479 g/mol. The zero-order valence-corrected chi connectivity index (χ0v) is 19.8. The molecule has 34 heavy (non-hydrogen) atoms. The Balaban J connectivity index is 1.36. The van der Waals surface area contributed by atoms with Gasteiger partial charge in [0.25, 0.3) is 0 Å². The Morgan fingerprint density at radius 3 is 2.47 bits per heavy atom. The molecule has 1 aliphatic rings. The second-order valence-corrected chi connectivity index (χ2v) is 8.89. The zero-order valence-electron chi connectivity index (χ0n) is 19.0. The molecule has 0 bridgehead atoms. The predicted octanol–water partition coefficient (Wildman–Crippen LogP) is 3.91. The van der Waals surface area contributed by atoms with Crippen molar-refractivity contribution in [2.24, 2.45) is 0 Å². The summed E-state index contributed by atoms with van der Waals surface area (Å²) in [6, 6.07) is 14.3. The van der Waals surface area contributed by atoms with Gasteiger partial charge in [0.1, 0.15) is 5.82 Å². The van der Waals surface area contributed by atoms with Crippen molar-refractivity contribution < 1.29 is 14.0 Å². The summed E-state index contributed by atoms with van der Waals surface area (Å²) in [7, 11) is 0. The maximum Gasteiger partial charge on any atom is 0.233 e. The molecule has 3 aromatic rings. The third-order valence-electron chi connectivity index (χ3n) is 5.71. The fourth-order valence-electron chi connectivity index (χ4n) is 3.89. The Kier molecular flexibility index (Phi) is 7.42. The minimum absolute atomic E-state index is 0.00598. The van der Waals surface area contributed by atoms with Crippen LogP contribution in [0, 0.1) is 5.82 Å². The summed E-state index contributed by atoms with van der Waals surface area (Å²) >= 11 is 1.35. The molecule has 1 saturated heterocycles. The normalized spacial score (nSPS) is 13.7. The van der Waals surface area contributed by atoms with E-state index in [-0.39, 0.29) is 17.4 Å². The molecule has 2 heterocycles. The topological polar surface area (TPSA) is 71.3 Å². The van der Waals surface area contributed by atoms with E-state index >= 15 is 0 Å². The maximum absolute atomic E-state index is 14.5. The van der Waals surface area contributed by atoms with Crippen LogP contribution in [0.2, 0.25) is 0 Å². The second-order valence-electron chi connectivity index (χ2n) is 7.95. The molecule has 0 atom stereocenters. The van der Waals surface area contributed by atoms with E-state index in [9.17, 15) is 14.0 Å². The van der Waals surface area contributed by atoms with Crippen LogP contribution in [0.1, 0.15) is 17.3 Å². The summed E-state index contributed by atoms with van der Waals surface area (Å²) in [6.07, 6.45) is 1.78. The highest BCUT2D eigenvalue weighted by Crippen LogP contribution is 2.25. The van der Waals surface area contributed by atoms with Crippen molar-refractivity contribution in [3.05, 3.63) is 72.6 Å². The molecule has 0 N–H and O–H groups in total.